The van der Waals surface area contributed by atoms with E-state index in [0.29, 0.717) is 35.3 Å². The number of carbonyl (C=O) groups is 2. The van der Waals surface area contributed by atoms with Crippen LogP contribution in [0.2, 0.25) is 10.0 Å². The predicted octanol–water partition coefficient (Wildman–Crippen LogP) is 5.99. The lowest BCUT2D eigenvalue weighted by atomic mass is 10.00. The van der Waals surface area contributed by atoms with Gasteiger partial charge in [0.15, 0.2) is 0 Å². The van der Waals surface area contributed by atoms with Crippen LogP contribution >= 0.6 is 23.2 Å². The summed E-state index contributed by atoms with van der Waals surface area (Å²) < 4.78 is 0. The van der Waals surface area contributed by atoms with Crippen molar-refractivity contribution in [3.05, 3.63) is 69.2 Å². The summed E-state index contributed by atoms with van der Waals surface area (Å²) in [6.45, 7) is 8.89. The summed E-state index contributed by atoms with van der Waals surface area (Å²) >= 11 is 12.3. The molecule has 168 valence electrons. The van der Waals surface area contributed by atoms with E-state index in [-0.39, 0.29) is 18.4 Å². The van der Waals surface area contributed by atoms with Gasteiger partial charge in [0, 0.05) is 29.6 Å². The summed E-state index contributed by atoms with van der Waals surface area (Å²) in [5.74, 6) is 0.220. The minimum Gasteiger partial charge on any atom is -0.354 e. The number of halogens is 2. The minimum absolute atomic E-state index is 0.0851. The Hall–Kier alpha value is -2.04. The summed E-state index contributed by atoms with van der Waals surface area (Å²) in [4.78, 5) is 27.4. The molecule has 0 heterocycles. The molecule has 0 saturated heterocycles. The number of benzene rings is 2. The normalized spacial score (nSPS) is 12.0. The zero-order valence-electron chi connectivity index (χ0n) is 18.8. The highest BCUT2D eigenvalue weighted by Crippen LogP contribution is 2.24. The van der Waals surface area contributed by atoms with Gasteiger partial charge in [-0.3, -0.25) is 9.59 Å². The Kier molecular flexibility index (Phi) is 9.86. The standard InChI is InChI=1S/C25H32Cl2N2O2/c1-5-14-28-25(31)18(4)29(16-21-11-12-22(26)15-23(21)27)24(30)13-8-19-6-9-20(10-7-19)17(2)3/h6-7,9-12,15,17-18H,5,8,13-14,16H2,1-4H3,(H,28,31)/t18-/m1/s1. The first-order valence-corrected chi connectivity index (χ1v) is 11.6. The summed E-state index contributed by atoms with van der Waals surface area (Å²) in [6.07, 6.45) is 1.77. The van der Waals surface area contributed by atoms with E-state index in [1.165, 1.54) is 5.56 Å². The van der Waals surface area contributed by atoms with E-state index in [2.05, 4.69) is 43.4 Å². The van der Waals surface area contributed by atoms with Crippen molar-refractivity contribution in [3.8, 4) is 0 Å². The fourth-order valence-electron chi connectivity index (χ4n) is 3.28. The Balaban J connectivity index is 2.15. The maximum Gasteiger partial charge on any atom is 0.242 e. The zero-order chi connectivity index (χ0) is 23.0. The average Bonchev–Trinajstić information content (AvgIpc) is 2.75. The quantitative estimate of drug-likeness (QED) is 0.470. The van der Waals surface area contributed by atoms with Gasteiger partial charge >= 0.3 is 0 Å². The largest absolute Gasteiger partial charge is 0.354 e. The van der Waals surface area contributed by atoms with Crippen molar-refractivity contribution >= 4 is 35.0 Å². The lowest BCUT2D eigenvalue weighted by molar-refractivity contribution is -0.140. The number of rotatable bonds is 10. The molecule has 0 bridgehead atoms. The van der Waals surface area contributed by atoms with Crippen molar-refractivity contribution in [3.63, 3.8) is 0 Å². The number of aryl methyl sites for hydroxylation is 1. The number of hydrogen-bond donors (Lipinski definition) is 1. The third kappa shape index (κ3) is 7.55. The van der Waals surface area contributed by atoms with Gasteiger partial charge in [0.1, 0.15) is 6.04 Å². The first kappa shape index (κ1) is 25.2. The summed E-state index contributed by atoms with van der Waals surface area (Å²) in [5.41, 5.74) is 3.14. The monoisotopic (exact) mass is 462 g/mol. The van der Waals surface area contributed by atoms with E-state index in [1.54, 1.807) is 30.0 Å². The van der Waals surface area contributed by atoms with Gasteiger partial charge in [-0.25, -0.2) is 0 Å². The summed E-state index contributed by atoms with van der Waals surface area (Å²) in [7, 11) is 0. The van der Waals surface area contributed by atoms with Crippen LogP contribution in [0.5, 0.6) is 0 Å². The van der Waals surface area contributed by atoms with Crippen LogP contribution in [0.1, 0.15) is 63.1 Å². The second-order valence-corrected chi connectivity index (χ2v) is 8.96. The third-order valence-corrected chi connectivity index (χ3v) is 5.93. The Morgan fingerprint density at radius 2 is 1.71 bits per heavy atom. The molecule has 6 heteroatoms. The Bertz CT molecular complexity index is 882. The molecule has 0 fully saturated rings. The first-order valence-electron chi connectivity index (χ1n) is 10.8. The third-order valence-electron chi connectivity index (χ3n) is 5.35. The molecule has 0 aromatic heterocycles. The van der Waals surface area contributed by atoms with E-state index in [9.17, 15) is 9.59 Å². The van der Waals surface area contributed by atoms with Crippen molar-refractivity contribution in [2.45, 2.75) is 65.5 Å². The molecule has 0 spiro atoms. The minimum atomic E-state index is -0.603. The van der Waals surface area contributed by atoms with E-state index >= 15 is 0 Å². The SMILES string of the molecule is CCCNC(=O)[C@@H](C)N(Cc1ccc(Cl)cc1Cl)C(=O)CCc1ccc(C(C)C)cc1. The fraction of sp³-hybridized carbons (Fsp3) is 0.440. The van der Waals surface area contributed by atoms with Crippen molar-refractivity contribution in [2.75, 3.05) is 6.54 Å². The number of nitrogens with zero attached hydrogens (tertiary/aromatic N) is 1. The molecule has 31 heavy (non-hydrogen) atoms. The van der Waals surface area contributed by atoms with E-state index < -0.39 is 6.04 Å². The van der Waals surface area contributed by atoms with Crippen molar-refractivity contribution in [1.82, 2.24) is 10.2 Å². The van der Waals surface area contributed by atoms with Crippen LogP contribution in [0.15, 0.2) is 42.5 Å². The van der Waals surface area contributed by atoms with Gasteiger partial charge in [-0.2, -0.15) is 0 Å². The maximum absolute atomic E-state index is 13.2. The molecular weight excluding hydrogens is 431 g/mol. The van der Waals surface area contributed by atoms with E-state index in [4.69, 9.17) is 23.2 Å². The molecule has 0 saturated carbocycles. The van der Waals surface area contributed by atoms with Crippen LogP contribution in [-0.4, -0.2) is 29.3 Å². The van der Waals surface area contributed by atoms with Gasteiger partial charge in [0.2, 0.25) is 11.8 Å². The molecule has 4 nitrogen and oxygen atoms in total. The highest BCUT2D eigenvalue weighted by Gasteiger charge is 2.26. The molecular formula is C25H32Cl2N2O2. The lowest BCUT2D eigenvalue weighted by Gasteiger charge is -2.29. The molecule has 1 N–H and O–H groups in total. The molecule has 0 aliphatic carbocycles. The van der Waals surface area contributed by atoms with E-state index in [0.717, 1.165) is 17.5 Å². The number of carbonyl (C=O) groups excluding carboxylic acids is 2. The smallest absolute Gasteiger partial charge is 0.242 e. The van der Waals surface area contributed by atoms with Gasteiger partial charge in [-0.05, 0) is 54.5 Å². The maximum atomic E-state index is 13.2. The van der Waals surface area contributed by atoms with Gasteiger partial charge < -0.3 is 10.2 Å². The second-order valence-electron chi connectivity index (χ2n) is 8.12. The van der Waals surface area contributed by atoms with Crippen molar-refractivity contribution in [2.24, 2.45) is 0 Å². The fourth-order valence-corrected chi connectivity index (χ4v) is 3.74. The summed E-state index contributed by atoms with van der Waals surface area (Å²) in [5, 5.41) is 3.90. The first-order chi connectivity index (χ1) is 14.7. The molecule has 0 aliphatic heterocycles. The number of nitrogens with one attached hydrogen (secondary N) is 1. The molecule has 2 aromatic rings. The van der Waals surface area contributed by atoms with Crippen LogP contribution in [0.4, 0.5) is 0 Å². The van der Waals surface area contributed by atoms with Crippen LogP contribution in [0, 0.1) is 0 Å². The zero-order valence-corrected chi connectivity index (χ0v) is 20.3. The van der Waals surface area contributed by atoms with Crippen molar-refractivity contribution in [1.29, 1.82) is 0 Å². The molecule has 2 aromatic carbocycles. The van der Waals surface area contributed by atoms with Crippen LogP contribution in [0.25, 0.3) is 0 Å². The average molecular weight is 463 g/mol. The second kappa shape index (κ2) is 12.1. The molecule has 0 radical (unpaired) electrons. The molecule has 1 atom stereocenters. The Morgan fingerprint density at radius 3 is 2.29 bits per heavy atom. The lowest BCUT2D eigenvalue weighted by Crippen LogP contribution is -2.47. The van der Waals surface area contributed by atoms with Gasteiger partial charge in [-0.1, -0.05) is 74.3 Å². The summed E-state index contributed by atoms with van der Waals surface area (Å²) in [6, 6.07) is 12.9. The highest BCUT2D eigenvalue weighted by atomic mass is 35.5. The molecule has 2 rings (SSSR count). The van der Waals surface area contributed by atoms with Gasteiger partial charge in [-0.15, -0.1) is 0 Å². The van der Waals surface area contributed by atoms with E-state index in [1.807, 2.05) is 6.92 Å². The topological polar surface area (TPSA) is 49.4 Å². The Labute approximate surface area is 195 Å². The van der Waals surface area contributed by atoms with Gasteiger partial charge in [0.05, 0.1) is 0 Å². The van der Waals surface area contributed by atoms with Gasteiger partial charge in [0.25, 0.3) is 0 Å². The van der Waals surface area contributed by atoms with Crippen LogP contribution in [-0.2, 0) is 22.6 Å². The van der Waals surface area contributed by atoms with Crippen LogP contribution in [0.3, 0.4) is 0 Å². The van der Waals surface area contributed by atoms with Crippen LogP contribution < -0.4 is 5.32 Å². The molecule has 2 amide bonds. The number of amides is 2. The highest BCUT2D eigenvalue weighted by molar-refractivity contribution is 6.35. The number of hydrogen-bond acceptors (Lipinski definition) is 2. The molecule has 0 unspecified atom stereocenters. The molecule has 0 aliphatic rings. The van der Waals surface area contributed by atoms with Crippen molar-refractivity contribution < 1.29 is 9.59 Å². The Morgan fingerprint density at radius 1 is 1.03 bits per heavy atom. The predicted molar refractivity (Wildman–Crippen MR) is 129 cm³/mol.